The highest BCUT2D eigenvalue weighted by Gasteiger charge is 2.04. The van der Waals surface area contributed by atoms with Crippen LogP contribution in [0, 0.1) is 5.92 Å². The van der Waals surface area contributed by atoms with Crippen molar-refractivity contribution in [3.05, 3.63) is 46.6 Å². The van der Waals surface area contributed by atoms with Gasteiger partial charge < -0.3 is 0 Å². The quantitative estimate of drug-likeness (QED) is 0.331. The van der Waals surface area contributed by atoms with Gasteiger partial charge in [-0.1, -0.05) is 53.5 Å². The Kier molecular flexibility index (Phi) is 13.1. The molecule has 0 rings (SSSR count). The summed E-state index contributed by atoms with van der Waals surface area (Å²) in [5, 5.41) is 0. The number of hydrogen-bond acceptors (Lipinski definition) is 1. The number of carbonyl (C=O) groups excluding carboxylic acids is 1. The molecule has 0 fully saturated rings. The van der Waals surface area contributed by atoms with Gasteiger partial charge in [-0.3, -0.25) is 4.79 Å². The summed E-state index contributed by atoms with van der Waals surface area (Å²) in [4.78, 5) is 11.2. The fraction of sp³-hybridized carbons (Fsp3) is 0.625. The Labute approximate surface area is 157 Å². The summed E-state index contributed by atoms with van der Waals surface area (Å²) < 4.78 is 0. The Balaban J connectivity index is 4.07. The van der Waals surface area contributed by atoms with E-state index in [9.17, 15) is 4.79 Å². The molecule has 0 saturated heterocycles. The van der Waals surface area contributed by atoms with Gasteiger partial charge in [0.1, 0.15) is 5.78 Å². The molecule has 0 aliphatic carbocycles. The van der Waals surface area contributed by atoms with Gasteiger partial charge >= 0.3 is 0 Å². The molecule has 0 aromatic carbocycles. The Morgan fingerprint density at radius 3 is 1.48 bits per heavy atom. The second-order valence-electron chi connectivity index (χ2n) is 7.80. The summed E-state index contributed by atoms with van der Waals surface area (Å²) in [6, 6.07) is 0. The molecule has 0 radical (unpaired) electrons. The molecule has 0 heterocycles. The van der Waals surface area contributed by atoms with Gasteiger partial charge in [0.25, 0.3) is 0 Å². The maximum absolute atomic E-state index is 11.2. The standard InChI is InChI=1S/C24H40O/c1-19(2)11-8-12-20(3)13-9-14-21(4)15-10-16-22(5)17-18-23(6)24(7)25/h11,13,15,17,23H,8-10,12,14,16,18H2,1-7H3/b20-13+,21-15+,22-17-. The third-order valence-corrected chi connectivity index (χ3v) is 4.67. The van der Waals surface area contributed by atoms with Crippen LogP contribution in [0.25, 0.3) is 0 Å². The Morgan fingerprint density at radius 2 is 1.08 bits per heavy atom. The molecule has 1 heteroatoms. The van der Waals surface area contributed by atoms with E-state index in [4.69, 9.17) is 0 Å². The SMILES string of the molecule is CC(=O)C(C)C/C=C(/C)CC/C=C(\C)CC/C=C(\C)CCC=C(C)C. The van der Waals surface area contributed by atoms with E-state index in [1.807, 2.05) is 6.92 Å². The van der Waals surface area contributed by atoms with Crippen LogP contribution in [0.5, 0.6) is 0 Å². The molecular weight excluding hydrogens is 304 g/mol. The average Bonchev–Trinajstić information content (AvgIpc) is 2.52. The Morgan fingerprint density at radius 1 is 0.680 bits per heavy atom. The number of Topliss-reactive ketones (excluding diaryl/α,β-unsaturated/α-hetero) is 1. The van der Waals surface area contributed by atoms with Crippen molar-refractivity contribution in [2.24, 2.45) is 5.92 Å². The Hall–Kier alpha value is -1.37. The molecule has 0 aliphatic rings. The normalized spacial score (nSPS) is 14.4. The molecular formula is C24H40O. The molecule has 0 aromatic heterocycles. The van der Waals surface area contributed by atoms with Crippen molar-refractivity contribution in [2.45, 2.75) is 93.4 Å². The van der Waals surface area contributed by atoms with Gasteiger partial charge in [-0.05, 0) is 86.5 Å². The number of ketones is 1. The van der Waals surface area contributed by atoms with E-state index in [0.29, 0.717) is 0 Å². The number of carbonyl (C=O) groups is 1. The molecule has 0 amide bonds. The predicted octanol–water partition coefficient (Wildman–Crippen LogP) is 7.75. The van der Waals surface area contributed by atoms with Crippen molar-refractivity contribution < 1.29 is 4.79 Å². The van der Waals surface area contributed by atoms with Gasteiger partial charge in [0, 0.05) is 5.92 Å². The third-order valence-electron chi connectivity index (χ3n) is 4.67. The summed E-state index contributed by atoms with van der Waals surface area (Å²) >= 11 is 0. The van der Waals surface area contributed by atoms with Gasteiger partial charge in [-0.25, -0.2) is 0 Å². The largest absolute Gasteiger partial charge is 0.300 e. The van der Waals surface area contributed by atoms with Crippen molar-refractivity contribution in [3.63, 3.8) is 0 Å². The maximum Gasteiger partial charge on any atom is 0.132 e. The lowest BCUT2D eigenvalue weighted by atomic mass is 10.0. The zero-order chi connectivity index (χ0) is 19.2. The van der Waals surface area contributed by atoms with Crippen LogP contribution in [0.4, 0.5) is 0 Å². The minimum Gasteiger partial charge on any atom is -0.300 e. The summed E-state index contributed by atoms with van der Waals surface area (Å²) in [6.07, 6.45) is 17.0. The summed E-state index contributed by atoms with van der Waals surface area (Å²) in [5.41, 5.74) is 5.79. The molecule has 0 spiro atoms. The van der Waals surface area contributed by atoms with Gasteiger partial charge in [-0.2, -0.15) is 0 Å². The Bertz CT molecular complexity index is 510. The molecule has 0 N–H and O–H groups in total. The highest BCUT2D eigenvalue weighted by molar-refractivity contribution is 5.77. The monoisotopic (exact) mass is 344 g/mol. The van der Waals surface area contributed by atoms with E-state index >= 15 is 0 Å². The predicted molar refractivity (Wildman–Crippen MR) is 113 cm³/mol. The topological polar surface area (TPSA) is 17.1 Å². The van der Waals surface area contributed by atoms with Crippen LogP contribution in [0.1, 0.15) is 93.4 Å². The first kappa shape index (κ1) is 23.6. The minimum atomic E-state index is 0.152. The van der Waals surface area contributed by atoms with E-state index in [2.05, 4.69) is 58.9 Å². The van der Waals surface area contributed by atoms with Gasteiger partial charge in [-0.15, -0.1) is 0 Å². The number of hydrogen-bond donors (Lipinski definition) is 0. The smallest absolute Gasteiger partial charge is 0.132 e. The second-order valence-corrected chi connectivity index (χ2v) is 7.80. The highest BCUT2D eigenvalue weighted by Crippen LogP contribution is 2.14. The first-order chi connectivity index (χ1) is 11.7. The molecule has 0 bridgehead atoms. The minimum absolute atomic E-state index is 0.152. The molecule has 1 nitrogen and oxygen atoms in total. The van der Waals surface area contributed by atoms with Crippen LogP contribution in [0.2, 0.25) is 0 Å². The first-order valence-electron chi connectivity index (χ1n) is 9.83. The molecule has 0 saturated carbocycles. The number of allylic oxidation sites excluding steroid dienone is 8. The van der Waals surface area contributed by atoms with Crippen molar-refractivity contribution >= 4 is 5.78 Å². The van der Waals surface area contributed by atoms with E-state index in [1.54, 1.807) is 6.92 Å². The molecule has 0 aliphatic heterocycles. The lowest BCUT2D eigenvalue weighted by molar-refractivity contribution is -0.120. The maximum atomic E-state index is 11.2. The van der Waals surface area contributed by atoms with Gasteiger partial charge in [0.15, 0.2) is 0 Å². The molecule has 0 aromatic rings. The van der Waals surface area contributed by atoms with E-state index in [-0.39, 0.29) is 11.7 Å². The van der Waals surface area contributed by atoms with Gasteiger partial charge in [0.05, 0.1) is 0 Å². The van der Waals surface area contributed by atoms with Crippen LogP contribution in [-0.4, -0.2) is 5.78 Å². The van der Waals surface area contributed by atoms with Crippen LogP contribution in [-0.2, 0) is 4.79 Å². The van der Waals surface area contributed by atoms with Crippen molar-refractivity contribution in [3.8, 4) is 0 Å². The summed E-state index contributed by atoms with van der Waals surface area (Å²) in [7, 11) is 0. The van der Waals surface area contributed by atoms with E-state index < -0.39 is 0 Å². The second kappa shape index (κ2) is 13.9. The van der Waals surface area contributed by atoms with Crippen LogP contribution < -0.4 is 0 Å². The zero-order valence-corrected chi connectivity index (χ0v) is 17.7. The van der Waals surface area contributed by atoms with Crippen molar-refractivity contribution in [1.29, 1.82) is 0 Å². The first-order valence-corrected chi connectivity index (χ1v) is 9.83. The molecule has 25 heavy (non-hydrogen) atoms. The fourth-order valence-electron chi connectivity index (χ4n) is 2.53. The van der Waals surface area contributed by atoms with E-state index in [1.165, 1.54) is 28.7 Å². The van der Waals surface area contributed by atoms with Crippen molar-refractivity contribution in [1.82, 2.24) is 0 Å². The zero-order valence-electron chi connectivity index (χ0n) is 17.7. The molecule has 1 unspecified atom stereocenters. The lowest BCUT2D eigenvalue weighted by Gasteiger charge is -2.05. The van der Waals surface area contributed by atoms with Crippen LogP contribution in [0.15, 0.2) is 46.6 Å². The summed E-state index contributed by atoms with van der Waals surface area (Å²) in [6.45, 7) is 14.7. The summed E-state index contributed by atoms with van der Waals surface area (Å²) in [5.74, 6) is 0.433. The molecule has 1 atom stereocenters. The van der Waals surface area contributed by atoms with E-state index in [0.717, 1.165) is 38.5 Å². The fourth-order valence-corrected chi connectivity index (χ4v) is 2.53. The van der Waals surface area contributed by atoms with Crippen LogP contribution in [0.3, 0.4) is 0 Å². The van der Waals surface area contributed by atoms with Crippen LogP contribution >= 0.6 is 0 Å². The average molecular weight is 345 g/mol. The third kappa shape index (κ3) is 14.7. The lowest BCUT2D eigenvalue weighted by Crippen LogP contribution is -2.04. The number of rotatable bonds is 12. The van der Waals surface area contributed by atoms with Gasteiger partial charge in [0.2, 0.25) is 0 Å². The highest BCUT2D eigenvalue weighted by atomic mass is 16.1. The molecule has 142 valence electrons. The van der Waals surface area contributed by atoms with Crippen molar-refractivity contribution in [2.75, 3.05) is 0 Å².